The van der Waals surface area contributed by atoms with Crippen LogP contribution in [0.2, 0.25) is 0 Å². The van der Waals surface area contributed by atoms with Gasteiger partial charge in [0, 0.05) is 5.54 Å². The van der Waals surface area contributed by atoms with E-state index < -0.39 is 6.17 Å². The van der Waals surface area contributed by atoms with E-state index in [1.165, 1.54) is 0 Å². The summed E-state index contributed by atoms with van der Waals surface area (Å²) in [5.74, 6) is 0. The maximum absolute atomic E-state index is 13.0. The Morgan fingerprint density at radius 1 is 1.50 bits per heavy atom. The Labute approximate surface area is 84.1 Å². The van der Waals surface area contributed by atoms with Crippen molar-refractivity contribution in [2.75, 3.05) is 0 Å². The molecule has 1 saturated carbocycles. The fourth-order valence-corrected chi connectivity index (χ4v) is 1.69. The van der Waals surface area contributed by atoms with Gasteiger partial charge in [-0.25, -0.2) is 4.39 Å². The summed E-state index contributed by atoms with van der Waals surface area (Å²) in [6.45, 7) is 1.56. The number of halogens is 1. The molecule has 0 bridgehead atoms. The van der Waals surface area contributed by atoms with Gasteiger partial charge in [0.2, 0.25) is 0 Å². The van der Waals surface area contributed by atoms with Crippen LogP contribution in [0.15, 0.2) is 24.3 Å². The van der Waals surface area contributed by atoms with Gasteiger partial charge in [0.05, 0.1) is 0 Å². The molecular weight excluding hydrogens is 177 g/mol. The van der Waals surface area contributed by atoms with Crippen LogP contribution in [0.3, 0.4) is 0 Å². The number of hydrogen-bond acceptors (Lipinski definition) is 1. The Bertz CT molecular complexity index is 329. The molecule has 0 aliphatic heterocycles. The molecule has 1 unspecified atom stereocenters. The molecule has 1 aromatic carbocycles. The first-order valence-corrected chi connectivity index (χ1v) is 5.11. The van der Waals surface area contributed by atoms with Crippen molar-refractivity contribution in [2.45, 2.75) is 37.9 Å². The second-order valence-corrected chi connectivity index (χ2v) is 4.40. The molecule has 2 heteroatoms. The minimum Gasteiger partial charge on any atom is -0.325 e. The van der Waals surface area contributed by atoms with Gasteiger partial charge in [-0.3, -0.25) is 0 Å². The van der Waals surface area contributed by atoms with E-state index in [4.69, 9.17) is 5.73 Å². The Morgan fingerprint density at radius 3 is 2.79 bits per heavy atom. The average molecular weight is 193 g/mol. The van der Waals surface area contributed by atoms with Crippen molar-refractivity contribution in [1.82, 2.24) is 0 Å². The summed E-state index contributed by atoms with van der Waals surface area (Å²) >= 11 is 0. The molecule has 76 valence electrons. The zero-order valence-electron chi connectivity index (χ0n) is 8.46. The van der Waals surface area contributed by atoms with Gasteiger partial charge in [0.25, 0.3) is 0 Å². The maximum Gasteiger partial charge on any atom is 0.122 e. The summed E-state index contributed by atoms with van der Waals surface area (Å²) < 4.78 is 13.0. The molecule has 2 N–H and O–H groups in total. The lowest BCUT2D eigenvalue weighted by Gasteiger charge is -2.10. The molecular formula is C12H16FN. The van der Waals surface area contributed by atoms with E-state index in [0.717, 1.165) is 30.4 Å². The van der Waals surface area contributed by atoms with Crippen LogP contribution in [0, 0.1) is 0 Å². The summed E-state index contributed by atoms with van der Waals surface area (Å²) in [7, 11) is 0. The summed E-state index contributed by atoms with van der Waals surface area (Å²) in [6, 6.07) is 7.69. The fourth-order valence-electron chi connectivity index (χ4n) is 1.69. The van der Waals surface area contributed by atoms with Crippen molar-refractivity contribution in [1.29, 1.82) is 0 Å². The first-order chi connectivity index (χ1) is 6.59. The van der Waals surface area contributed by atoms with Gasteiger partial charge in [-0.15, -0.1) is 0 Å². The Balaban J connectivity index is 2.13. The highest BCUT2D eigenvalue weighted by Crippen LogP contribution is 2.35. The molecule has 0 aromatic heterocycles. The van der Waals surface area contributed by atoms with Crippen LogP contribution in [0.4, 0.5) is 4.39 Å². The zero-order chi connectivity index (χ0) is 10.2. The first kappa shape index (κ1) is 9.66. The zero-order valence-corrected chi connectivity index (χ0v) is 8.46. The second-order valence-electron chi connectivity index (χ2n) is 4.40. The van der Waals surface area contributed by atoms with E-state index in [2.05, 4.69) is 0 Å². The van der Waals surface area contributed by atoms with E-state index in [9.17, 15) is 4.39 Å². The van der Waals surface area contributed by atoms with E-state index in [0.29, 0.717) is 0 Å². The molecule has 1 aromatic rings. The number of benzene rings is 1. The lowest BCUT2D eigenvalue weighted by Crippen LogP contribution is -2.24. The standard InChI is InChI=1S/C12H16FN/c1-9(13)11-4-2-3-10(7-11)8-12(14)5-6-12/h2-4,7,9H,5-6,8,14H2,1H3. The molecule has 0 spiro atoms. The van der Waals surface area contributed by atoms with Crippen molar-refractivity contribution in [3.8, 4) is 0 Å². The number of hydrogen-bond donors (Lipinski definition) is 1. The molecule has 0 amide bonds. The van der Waals surface area contributed by atoms with Crippen LogP contribution in [-0.4, -0.2) is 5.54 Å². The monoisotopic (exact) mass is 193 g/mol. The van der Waals surface area contributed by atoms with E-state index in [1.54, 1.807) is 6.92 Å². The summed E-state index contributed by atoms with van der Waals surface area (Å²) in [4.78, 5) is 0. The number of rotatable bonds is 3. The average Bonchev–Trinajstić information content (AvgIpc) is 2.83. The molecule has 0 saturated heterocycles. The molecule has 1 aliphatic carbocycles. The summed E-state index contributed by atoms with van der Waals surface area (Å²) in [5.41, 5.74) is 7.94. The van der Waals surface area contributed by atoms with E-state index in [1.807, 2.05) is 24.3 Å². The third-order valence-corrected chi connectivity index (χ3v) is 2.86. The van der Waals surface area contributed by atoms with Crippen molar-refractivity contribution in [3.05, 3.63) is 35.4 Å². The smallest absolute Gasteiger partial charge is 0.122 e. The summed E-state index contributed by atoms with van der Waals surface area (Å²) in [6.07, 6.45) is 2.20. The van der Waals surface area contributed by atoms with Gasteiger partial charge in [0.1, 0.15) is 6.17 Å². The predicted molar refractivity (Wildman–Crippen MR) is 55.8 cm³/mol. The predicted octanol–water partition coefficient (Wildman–Crippen LogP) is 2.75. The lowest BCUT2D eigenvalue weighted by atomic mass is 10.0. The molecule has 14 heavy (non-hydrogen) atoms. The van der Waals surface area contributed by atoms with Gasteiger partial charge in [-0.1, -0.05) is 24.3 Å². The molecule has 1 fully saturated rings. The van der Waals surface area contributed by atoms with Crippen LogP contribution in [0.5, 0.6) is 0 Å². The third-order valence-electron chi connectivity index (χ3n) is 2.86. The molecule has 0 radical (unpaired) electrons. The van der Waals surface area contributed by atoms with Crippen LogP contribution >= 0.6 is 0 Å². The van der Waals surface area contributed by atoms with E-state index >= 15 is 0 Å². The highest BCUT2D eigenvalue weighted by Gasteiger charge is 2.37. The van der Waals surface area contributed by atoms with Crippen molar-refractivity contribution >= 4 is 0 Å². The minimum absolute atomic E-state index is 0.0121. The lowest BCUT2D eigenvalue weighted by molar-refractivity contribution is 0.374. The van der Waals surface area contributed by atoms with Crippen LogP contribution < -0.4 is 5.73 Å². The highest BCUT2D eigenvalue weighted by molar-refractivity contribution is 5.27. The first-order valence-electron chi connectivity index (χ1n) is 5.11. The van der Waals surface area contributed by atoms with Gasteiger partial charge in [0.15, 0.2) is 0 Å². The number of alkyl halides is 1. The quantitative estimate of drug-likeness (QED) is 0.784. The molecule has 1 atom stereocenters. The van der Waals surface area contributed by atoms with Crippen molar-refractivity contribution in [2.24, 2.45) is 5.73 Å². The molecule has 2 rings (SSSR count). The normalized spacial score (nSPS) is 20.5. The van der Waals surface area contributed by atoms with Crippen LogP contribution in [0.25, 0.3) is 0 Å². The van der Waals surface area contributed by atoms with Crippen molar-refractivity contribution in [3.63, 3.8) is 0 Å². The minimum atomic E-state index is -0.886. The Morgan fingerprint density at radius 2 is 2.21 bits per heavy atom. The maximum atomic E-state index is 13.0. The molecule has 1 aliphatic rings. The van der Waals surface area contributed by atoms with Crippen LogP contribution in [-0.2, 0) is 6.42 Å². The van der Waals surface area contributed by atoms with E-state index in [-0.39, 0.29) is 5.54 Å². The largest absolute Gasteiger partial charge is 0.325 e. The molecule has 1 nitrogen and oxygen atoms in total. The third kappa shape index (κ3) is 2.13. The highest BCUT2D eigenvalue weighted by atomic mass is 19.1. The van der Waals surface area contributed by atoms with Gasteiger partial charge >= 0.3 is 0 Å². The SMILES string of the molecule is CC(F)c1cccc(CC2(N)CC2)c1. The molecule has 0 heterocycles. The second kappa shape index (κ2) is 3.35. The Kier molecular flexibility index (Phi) is 2.31. The fraction of sp³-hybridized carbons (Fsp3) is 0.500. The Hall–Kier alpha value is -0.890. The van der Waals surface area contributed by atoms with Crippen LogP contribution in [0.1, 0.15) is 37.1 Å². The number of nitrogens with two attached hydrogens (primary N) is 1. The topological polar surface area (TPSA) is 26.0 Å². The van der Waals surface area contributed by atoms with Gasteiger partial charge in [-0.05, 0) is 37.3 Å². The summed E-state index contributed by atoms with van der Waals surface area (Å²) in [5, 5.41) is 0. The van der Waals surface area contributed by atoms with Gasteiger partial charge < -0.3 is 5.73 Å². The van der Waals surface area contributed by atoms with Crippen molar-refractivity contribution < 1.29 is 4.39 Å². The van der Waals surface area contributed by atoms with Gasteiger partial charge in [-0.2, -0.15) is 0 Å².